The lowest BCUT2D eigenvalue weighted by molar-refractivity contribution is -0.0502. The summed E-state index contributed by atoms with van der Waals surface area (Å²) >= 11 is 0. The van der Waals surface area contributed by atoms with Crippen LogP contribution in [0.2, 0.25) is 0 Å². The van der Waals surface area contributed by atoms with Crippen molar-refractivity contribution in [2.24, 2.45) is 5.41 Å². The van der Waals surface area contributed by atoms with Crippen molar-refractivity contribution in [3.05, 3.63) is 59.7 Å². The second-order valence-electron chi connectivity index (χ2n) is 11.8. The van der Waals surface area contributed by atoms with E-state index < -0.39 is 11.6 Å². The third kappa shape index (κ3) is 4.53. The number of piperidine rings is 1. The summed E-state index contributed by atoms with van der Waals surface area (Å²) in [6.07, 6.45) is 7.33. The van der Waals surface area contributed by atoms with Gasteiger partial charge in [0.1, 0.15) is 22.9 Å². The van der Waals surface area contributed by atoms with Crippen LogP contribution in [0.3, 0.4) is 0 Å². The molecule has 3 aromatic heterocycles. The van der Waals surface area contributed by atoms with Crippen LogP contribution in [0.5, 0.6) is 0 Å². The van der Waals surface area contributed by atoms with E-state index in [-0.39, 0.29) is 17.7 Å². The topological polar surface area (TPSA) is 75.0 Å². The van der Waals surface area contributed by atoms with Crippen molar-refractivity contribution in [3.8, 4) is 11.3 Å². The van der Waals surface area contributed by atoms with Gasteiger partial charge in [-0.05, 0) is 75.0 Å². The minimum absolute atomic E-state index is 0.0348. The lowest BCUT2D eigenvalue weighted by Gasteiger charge is -2.54. The van der Waals surface area contributed by atoms with Crippen molar-refractivity contribution in [2.75, 3.05) is 38.0 Å². The number of pyridine rings is 1. The third-order valence-corrected chi connectivity index (χ3v) is 9.02. The molecule has 0 bridgehead atoms. The molecular weight excluding hydrogens is 510 g/mol. The molecule has 3 aliphatic rings. The highest BCUT2D eigenvalue weighted by Crippen LogP contribution is 2.41. The molecule has 6 heterocycles. The summed E-state index contributed by atoms with van der Waals surface area (Å²) in [6.45, 7) is 11.1. The normalized spacial score (nSPS) is 20.6. The summed E-state index contributed by atoms with van der Waals surface area (Å²) in [6, 6.07) is 7.23. The molecule has 1 atom stereocenters. The first-order valence-electron chi connectivity index (χ1n) is 14.3. The highest BCUT2D eigenvalue weighted by molar-refractivity contribution is 5.83. The summed E-state index contributed by atoms with van der Waals surface area (Å²) in [5.41, 5.74) is 3.02. The van der Waals surface area contributed by atoms with Crippen LogP contribution in [0.1, 0.15) is 50.5 Å². The molecule has 0 unspecified atom stereocenters. The number of benzene rings is 1. The Labute approximate surface area is 232 Å². The molecule has 40 heavy (non-hydrogen) atoms. The largest absolute Gasteiger partial charge is 0.325 e. The fraction of sp³-hybridized carbons (Fsp3) is 0.467. The van der Waals surface area contributed by atoms with Gasteiger partial charge in [0.25, 0.3) is 0 Å². The number of aromatic nitrogens is 5. The van der Waals surface area contributed by atoms with E-state index in [0.717, 1.165) is 56.6 Å². The molecule has 0 amide bonds. The smallest absolute Gasteiger partial charge is 0.229 e. The van der Waals surface area contributed by atoms with Gasteiger partial charge in [0, 0.05) is 43.9 Å². The highest BCUT2D eigenvalue weighted by atomic mass is 19.1. The van der Waals surface area contributed by atoms with E-state index in [2.05, 4.69) is 55.0 Å². The van der Waals surface area contributed by atoms with Gasteiger partial charge in [-0.3, -0.25) is 4.90 Å². The SMILES string of the molecule is CCN1CCC2(CC1)CN(Cc1ccc(Nc3ncc(F)c(-c4cc(F)c5nc6n(c5c4)[C@H](C)CC6)n3)nc1)C2. The summed E-state index contributed by atoms with van der Waals surface area (Å²) in [5, 5.41) is 3.07. The summed E-state index contributed by atoms with van der Waals surface area (Å²) < 4.78 is 31.9. The van der Waals surface area contributed by atoms with Gasteiger partial charge >= 0.3 is 0 Å². The minimum Gasteiger partial charge on any atom is -0.325 e. The lowest BCUT2D eigenvalue weighted by Crippen LogP contribution is -2.59. The standard InChI is InChI=1S/C30H34F2N8/c1-3-38-10-8-30(9-11-38)17-39(18-30)16-20-5-6-25(33-14-20)35-29-34-15-23(32)27(37-29)21-12-22(31)28-24(13-21)40-19(2)4-7-26(40)36-28/h5-6,12-15,19H,3-4,7-11,16-18H2,1-2H3,(H,33,34,35,37)/t19-/m1/s1. The van der Waals surface area contributed by atoms with Gasteiger partial charge in [0.05, 0.1) is 11.7 Å². The average molecular weight is 545 g/mol. The van der Waals surface area contributed by atoms with Gasteiger partial charge in [-0.2, -0.15) is 0 Å². The zero-order chi connectivity index (χ0) is 27.4. The van der Waals surface area contributed by atoms with Crippen molar-refractivity contribution in [3.63, 3.8) is 0 Å². The quantitative estimate of drug-likeness (QED) is 0.351. The number of likely N-dealkylation sites (tertiary alicyclic amines) is 2. The maximum Gasteiger partial charge on any atom is 0.229 e. The Bertz CT molecular complexity index is 1550. The number of halogens is 2. The molecule has 7 rings (SSSR count). The number of nitrogens with zero attached hydrogens (tertiary/aromatic N) is 7. The number of aryl methyl sites for hydroxylation is 1. The molecule has 2 fully saturated rings. The number of hydrogen-bond donors (Lipinski definition) is 1. The Morgan fingerprint density at radius 1 is 1.00 bits per heavy atom. The predicted molar refractivity (Wildman–Crippen MR) is 150 cm³/mol. The van der Waals surface area contributed by atoms with Crippen LogP contribution in [0.25, 0.3) is 22.3 Å². The molecule has 0 saturated carbocycles. The first kappa shape index (κ1) is 25.5. The van der Waals surface area contributed by atoms with Crippen LogP contribution in [0, 0.1) is 17.0 Å². The number of imidazole rings is 1. The number of anilines is 2. The number of nitrogens with one attached hydrogen (secondary N) is 1. The van der Waals surface area contributed by atoms with E-state index >= 15 is 4.39 Å². The molecule has 0 aliphatic carbocycles. The van der Waals surface area contributed by atoms with Gasteiger partial charge in [-0.1, -0.05) is 13.0 Å². The first-order valence-corrected chi connectivity index (χ1v) is 14.3. The van der Waals surface area contributed by atoms with E-state index in [1.165, 1.54) is 32.0 Å². The summed E-state index contributed by atoms with van der Waals surface area (Å²) in [5.74, 6) is 0.537. The van der Waals surface area contributed by atoms with Crippen LogP contribution < -0.4 is 5.32 Å². The zero-order valence-corrected chi connectivity index (χ0v) is 23.0. The first-order chi connectivity index (χ1) is 19.4. The second-order valence-corrected chi connectivity index (χ2v) is 11.8. The Morgan fingerprint density at radius 3 is 2.58 bits per heavy atom. The van der Waals surface area contributed by atoms with Crippen molar-refractivity contribution in [2.45, 2.75) is 52.1 Å². The number of fused-ring (bicyclic) bond motifs is 3. The maximum absolute atomic E-state index is 15.0. The van der Waals surface area contributed by atoms with Crippen LogP contribution in [-0.4, -0.2) is 67.0 Å². The Hall–Kier alpha value is -3.50. The van der Waals surface area contributed by atoms with Gasteiger partial charge in [0.15, 0.2) is 11.6 Å². The Balaban J connectivity index is 1.04. The molecule has 4 aromatic rings. The van der Waals surface area contributed by atoms with E-state index in [9.17, 15) is 4.39 Å². The van der Waals surface area contributed by atoms with Crippen molar-refractivity contribution in [1.82, 2.24) is 34.3 Å². The molecular formula is C30H34F2N8. The van der Waals surface area contributed by atoms with Crippen molar-refractivity contribution in [1.29, 1.82) is 0 Å². The van der Waals surface area contributed by atoms with Crippen LogP contribution in [0.4, 0.5) is 20.5 Å². The number of rotatable bonds is 6. The maximum atomic E-state index is 15.0. The van der Waals surface area contributed by atoms with Crippen LogP contribution in [-0.2, 0) is 13.0 Å². The monoisotopic (exact) mass is 544 g/mol. The molecule has 1 aromatic carbocycles. The molecule has 1 N–H and O–H groups in total. The highest BCUT2D eigenvalue weighted by Gasteiger charge is 2.44. The van der Waals surface area contributed by atoms with E-state index in [4.69, 9.17) is 0 Å². The molecule has 3 aliphatic heterocycles. The zero-order valence-electron chi connectivity index (χ0n) is 23.0. The fourth-order valence-corrected chi connectivity index (χ4v) is 6.74. The minimum atomic E-state index is -0.616. The van der Waals surface area contributed by atoms with E-state index in [1.54, 1.807) is 6.07 Å². The van der Waals surface area contributed by atoms with Crippen LogP contribution >= 0.6 is 0 Å². The molecule has 2 saturated heterocycles. The van der Waals surface area contributed by atoms with E-state index in [0.29, 0.717) is 27.8 Å². The van der Waals surface area contributed by atoms with Gasteiger partial charge in [-0.15, -0.1) is 0 Å². The Morgan fingerprint density at radius 2 is 1.82 bits per heavy atom. The van der Waals surface area contributed by atoms with Crippen LogP contribution in [0.15, 0.2) is 36.7 Å². The van der Waals surface area contributed by atoms with E-state index in [1.807, 2.05) is 16.8 Å². The number of hydrogen-bond acceptors (Lipinski definition) is 7. The Kier molecular flexibility index (Phi) is 6.27. The fourth-order valence-electron chi connectivity index (χ4n) is 6.74. The van der Waals surface area contributed by atoms with Gasteiger partial charge < -0.3 is 14.8 Å². The molecule has 208 valence electrons. The van der Waals surface area contributed by atoms with Crippen molar-refractivity contribution >= 4 is 22.8 Å². The summed E-state index contributed by atoms with van der Waals surface area (Å²) in [4.78, 5) is 22.5. The van der Waals surface area contributed by atoms with Gasteiger partial charge in [-0.25, -0.2) is 28.7 Å². The molecule has 10 heteroatoms. The molecule has 1 spiro atoms. The second kappa shape index (κ2) is 9.85. The van der Waals surface area contributed by atoms with Gasteiger partial charge in [0.2, 0.25) is 5.95 Å². The third-order valence-electron chi connectivity index (χ3n) is 9.02. The lowest BCUT2D eigenvalue weighted by atomic mass is 9.72. The average Bonchev–Trinajstić information content (AvgIpc) is 3.50. The molecule has 0 radical (unpaired) electrons. The predicted octanol–water partition coefficient (Wildman–Crippen LogP) is 5.34. The molecule has 8 nitrogen and oxygen atoms in total. The van der Waals surface area contributed by atoms with Crippen molar-refractivity contribution < 1.29 is 8.78 Å². The summed E-state index contributed by atoms with van der Waals surface area (Å²) in [7, 11) is 0.